The molecule has 0 fully saturated rings. The Kier molecular flexibility index (Phi) is 5.99. The fraction of sp³-hybridized carbons (Fsp3) is 0.600. The van der Waals surface area contributed by atoms with Crippen LogP contribution in [0.3, 0.4) is 0 Å². The summed E-state index contributed by atoms with van der Waals surface area (Å²) in [4.78, 5) is 0. The zero-order valence-electron chi connectivity index (χ0n) is 10.9. The van der Waals surface area contributed by atoms with Gasteiger partial charge in [0.1, 0.15) is 0 Å². The molecule has 0 aliphatic carbocycles. The molecular formula is C15H25N. The summed E-state index contributed by atoms with van der Waals surface area (Å²) in [7, 11) is 0. The van der Waals surface area contributed by atoms with Gasteiger partial charge in [-0.2, -0.15) is 0 Å². The molecule has 0 aromatic heterocycles. The standard InChI is InChI=1S/C15H25N/c1-4-5-6-7-11-16-15-10-8-9-14(12-15)13(2)3/h8-10,12-13,16H,4-7,11H2,1-3H3. The Labute approximate surface area is 100 Å². The Bertz CT molecular complexity index is 291. The molecule has 0 spiro atoms. The lowest BCUT2D eigenvalue weighted by atomic mass is 10.0. The third-order valence-electron chi connectivity index (χ3n) is 2.91. The zero-order valence-corrected chi connectivity index (χ0v) is 10.9. The van der Waals surface area contributed by atoms with Crippen LogP contribution in [0.25, 0.3) is 0 Å². The van der Waals surface area contributed by atoms with Crippen LogP contribution >= 0.6 is 0 Å². The Morgan fingerprint density at radius 3 is 2.62 bits per heavy atom. The summed E-state index contributed by atoms with van der Waals surface area (Å²) in [5, 5.41) is 3.50. The zero-order chi connectivity index (χ0) is 11.8. The molecule has 1 nitrogen and oxygen atoms in total. The Morgan fingerprint density at radius 2 is 1.94 bits per heavy atom. The minimum absolute atomic E-state index is 0.613. The van der Waals surface area contributed by atoms with Crippen LogP contribution in [-0.4, -0.2) is 6.54 Å². The molecule has 16 heavy (non-hydrogen) atoms. The van der Waals surface area contributed by atoms with Crippen molar-refractivity contribution in [3.8, 4) is 0 Å². The van der Waals surface area contributed by atoms with Gasteiger partial charge in [0.05, 0.1) is 0 Å². The van der Waals surface area contributed by atoms with E-state index in [2.05, 4.69) is 50.4 Å². The van der Waals surface area contributed by atoms with Crippen LogP contribution in [0.15, 0.2) is 24.3 Å². The monoisotopic (exact) mass is 219 g/mol. The van der Waals surface area contributed by atoms with E-state index in [4.69, 9.17) is 0 Å². The van der Waals surface area contributed by atoms with E-state index in [1.165, 1.54) is 36.9 Å². The van der Waals surface area contributed by atoms with Crippen molar-refractivity contribution in [2.45, 2.75) is 52.4 Å². The normalized spacial score (nSPS) is 10.8. The summed E-state index contributed by atoms with van der Waals surface area (Å²) in [6.07, 6.45) is 5.28. The van der Waals surface area contributed by atoms with Crippen molar-refractivity contribution in [3.05, 3.63) is 29.8 Å². The highest BCUT2D eigenvalue weighted by Crippen LogP contribution is 2.18. The molecule has 1 rings (SSSR count). The summed E-state index contributed by atoms with van der Waals surface area (Å²) in [5.41, 5.74) is 2.68. The van der Waals surface area contributed by atoms with Crippen LogP contribution in [0.5, 0.6) is 0 Å². The van der Waals surface area contributed by atoms with Crippen molar-refractivity contribution in [3.63, 3.8) is 0 Å². The molecule has 0 atom stereocenters. The van der Waals surface area contributed by atoms with E-state index < -0.39 is 0 Å². The molecule has 0 bridgehead atoms. The Balaban J connectivity index is 2.33. The van der Waals surface area contributed by atoms with Gasteiger partial charge in [0.15, 0.2) is 0 Å². The summed E-state index contributed by atoms with van der Waals surface area (Å²) in [5.74, 6) is 0.613. The first-order valence-electron chi connectivity index (χ1n) is 6.58. The number of unbranched alkanes of at least 4 members (excludes halogenated alkanes) is 3. The van der Waals surface area contributed by atoms with Gasteiger partial charge in [0.25, 0.3) is 0 Å². The van der Waals surface area contributed by atoms with Crippen molar-refractivity contribution >= 4 is 5.69 Å². The maximum atomic E-state index is 3.50. The van der Waals surface area contributed by atoms with E-state index in [0.29, 0.717) is 5.92 Å². The maximum absolute atomic E-state index is 3.50. The summed E-state index contributed by atoms with van der Waals surface area (Å²) >= 11 is 0. The van der Waals surface area contributed by atoms with Crippen LogP contribution in [-0.2, 0) is 0 Å². The number of benzene rings is 1. The van der Waals surface area contributed by atoms with Crippen LogP contribution in [0.4, 0.5) is 5.69 Å². The van der Waals surface area contributed by atoms with E-state index in [-0.39, 0.29) is 0 Å². The first-order chi connectivity index (χ1) is 7.74. The molecule has 1 aromatic rings. The van der Waals surface area contributed by atoms with Gasteiger partial charge in [-0.05, 0) is 30.0 Å². The van der Waals surface area contributed by atoms with E-state index in [0.717, 1.165) is 6.54 Å². The van der Waals surface area contributed by atoms with Crippen molar-refractivity contribution in [2.24, 2.45) is 0 Å². The molecule has 90 valence electrons. The van der Waals surface area contributed by atoms with Gasteiger partial charge in [-0.3, -0.25) is 0 Å². The highest BCUT2D eigenvalue weighted by Gasteiger charge is 1.99. The van der Waals surface area contributed by atoms with Gasteiger partial charge in [-0.15, -0.1) is 0 Å². The van der Waals surface area contributed by atoms with Gasteiger partial charge in [0.2, 0.25) is 0 Å². The molecule has 0 aliphatic heterocycles. The molecule has 1 aromatic carbocycles. The van der Waals surface area contributed by atoms with E-state index in [1.54, 1.807) is 0 Å². The summed E-state index contributed by atoms with van der Waals surface area (Å²) in [6, 6.07) is 8.77. The second-order valence-electron chi connectivity index (χ2n) is 4.77. The lowest BCUT2D eigenvalue weighted by Gasteiger charge is -2.10. The van der Waals surface area contributed by atoms with E-state index in [1.807, 2.05) is 0 Å². The molecule has 1 N–H and O–H groups in total. The second kappa shape index (κ2) is 7.32. The van der Waals surface area contributed by atoms with E-state index in [9.17, 15) is 0 Å². The van der Waals surface area contributed by atoms with Crippen molar-refractivity contribution in [1.82, 2.24) is 0 Å². The predicted octanol–water partition coefficient (Wildman–Crippen LogP) is 4.80. The number of hydrogen-bond donors (Lipinski definition) is 1. The highest BCUT2D eigenvalue weighted by molar-refractivity contribution is 5.46. The SMILES string of the molecule is CCCCCCNc1cccc(C(C)C)c1. The minimum atomic E-state index is 0.613. The first kappa shape index (κ1) is 13.1. The Morgan fingerprint density at radius 1 is 1.12 bits per heavy atom. The molecule has 1 heteroatoms. The molecule has 0 radical (unpaired) electrons. The maximum Gasteiger partial charge on any atom is 0.0343 e. The number of anilines is 1. The van der Waals surface area contributed by atoms with Crippen LogP contribution in [0.2, 0.25) is 0 Å². The van der Waals surface area contributed by atoms with Crippen molar-refractivity contribution in [2.75, 3.05) is 11.9 Å². The highest BCUT2D eigenvalue weighted by atomic mass is 14.9. The second-order valence-corrected chi connectivity index (χ2v) is 4.77. The van der Waals surface area contributed by atoms with Crippen LogP contribution in [0, 0.1) is 0 Å². The largest absolute Gasteiger partial charge is 0.385 e. The summed E-state index contributed by atoms with van der Waals surface area (Å²) < 4.78 is 0. The molecule has 0 saturated heterocycles. The fourth-order valence-corrected chi connectivity index (χ4v) is 1.79. The summed E-state index contributed by atoms with van der Waals surface area (Å²) in [6.45, 7) is 7.82. The average molecular weight is 219 g/mol. The lowest BCUT2D eigenvalue weighted by Crippen LogP contribution is -2.02. The smallest absolute Gasteiger partial charge is 0.0343 e. The quantitative estimate of drug-likeness (QED) is 0.649. The molecule has 0 unspecified atom stereocenters. The molecule has 0 saturated carbocycles. The van der Waals surface area contributed by atoms with Crippen LogP contribution in [0.1, 0.15) is 57.9 Å². The van der Waals surface area contributed by atoms with E-state index >= 15 is 0 Å². The third kappa shape index (κ3) is 4.69. The Hall–Kier alpha value is -0.980. The first-order valence-corrected chi connectivity index (χ1v) is 6.58. The van der Waals surface area contributed by atoms with Gasteiger partial charge in [0, 0.05) is 12.2 Å². The lowest BCUT2D eigenvalue weighted by molar-refractivity contribution is 0.685. The number of hydrogen-bond acceptors (Lipinski definition) is 1. The van der Waals surface area contributed by atoms with Gasteiger partial charge in [-0.1, -0.05) is 52.2 Å². The van der Waals surface area contributed by atoms with Gasteiger partial charge >= 0.3 is 0 Å². The van der Waals surface area contributed by atoms with Crippen LogP contribution < -0.4 is 5.32 Å². The van der Waals surface area contributed by atoms with Gasteiger partial charge in [-0.25, -0.2) is 0 Å². The molecular weight excluding hydrogens is 194 g/mol. The topological polar surface area (TPSA) is 12.0 Å². The third-order valence-corrected chi connectivity index (χ3v) is 2.91. The van der Waals surface area contributed by atoms with Crippen molar-refractivity contribution < 1.29 is 0 Å². The predicted molar refractivity (Wildman–Crippen MR) is 73.2 cm³/mol. The number of rotatable bonds is 7. The molecule has 0 aliphatic rings. The number of nitrogens with one attached hydrogen (secondary N) is 1. The van der Waals surface area contributed by atoms with Gasteiger partial charge < -0.3 is 5.32 Å². The minimum Gasteiger partial charge on any atom is -0.385 e. The van der Waals surface area contributed by atoms with Crippen molar-refractivity contribution in [1.29, 1.82) is 0 Å². The molecule has 0 heterocycles. The fourth-order valence-electron chi connectivity index (χ4n) is 1.79. The molecule has 0 amide bonds. The average Bonchev–Trinajstić information content (AvgIpc) is 2.29.